The van der Waals surface area contributed by atoms with Crippen molar-refractivity contribution in [1.82, 2.24) is 4.98 Å². The average Bonchev–Trinajstić information content (AvgIpc) is 2.38. The van der Waals surface area contributed by atoms with Crippen molar-refractivity contribution in [2.75, 3.05) is 0 Å². The summed E-state index contributed by atoms with van der Waals surface area (Å²) < 4.78 is 0. The number of carbonyl (C=O) groups excluding carboxylic acids is 1. The van der Waals surface area contributed by atoms with Gasteiger partial charge in [-0.1, -0.05) is 12.1 Å². The summed E-state index contributed by atoms with van der Waals surface area (Å²) in [4.78, 5) is 26.2. The molecule has 5 heteroatoms. The summed E-state index contributed by atoms with van der Waals surface area (Å²) in [7, 11) is 0. The second kappa shape index (κ2) is 4.75. The molecule has 0 bridgehead atoms. The highest BCUT2D eigenvalue weighted by Crippen LogP contribution is 2.17. The van der Waals surface area contributed by atoms with E-state index in [9.17, 15) is 14.9 Å². The van der Waals surface area contributed by atoms with Crippen molar-refractivity contribution in [1.29, 1.82) is 0 Å². The van der Waals surface area contributed by atoms with Gasteiger partial charge in [0.2, 0.25) is 0 Å². The van der Waals surface area contributed by atoms with E-state index in [1.165, 1.54) is 24.4 Å². The molecule has 0 aliphatic heterocycles. The molecule has 0 spiro atoms. The number of benzene rings is 1. The molecule has 0 aliphatic rings. The first kappa shape index (κ1) is 11.9. The van der Waals surface area contributed by atoms with E-state index in [-0.39, 0.29) is 11.5 Å². The highest BCUT2D eigenvalue weighted by molar-refractivity contribution is 6.09. The van der Waals surface area contributed by atoms with Gasteiger partial charge in [0.05, 0.1) is 4.92 Å². The molecule has 0 saturated heterocycles. The second-order valence-corrected chi connectivity index (χ2v) is 3.83. The lowest BCUT2D eigenvalue weighted by molar-refractivity contribution is -0.384. The van der Waals surface area contributed by atoms with Gasteiger partial charge in [-0.25, -0.2) is 0 Å². The Labute approximate surface area is 103 Å². The standard InChI is InChI=1S/C13H10N2O3/c1-9-5-6-14-8-12(9)13(16)10-3-2-4-11(7-10)15(17)18/h2-8H,1H3. The van der Waals surface area contributed by atoms with Crippen LogP contribution in [0.4, 0.5) is 5.69 Å². The van der Waals surface area contributed by atoms with Crippen molar-refractivity contribution in [3.8, 4) is 0 Å². The number of hydrogen-bond acceptors (Lipinski definition) is 4. The van der Waals surface area contributed by atoms with Gasteiger partial charge < -0.3 is 0 Å². The molecule has 0 fully saturated rings. The fraction of sp³-hybridized carbons (Fsp3) is 0.0769. The molecule has 90 valence electrons. The number of aryl methyl sites for hydroxylation is 1. The van der Waals surface area contributed by atoms with Crippen LogP contribution in [-0.2, 0) is 0 Å². The van der Waals surface area contributed by atoms with Gasteiger partial charge in [-0.2, -0.15) is 0 Å². The maximum Gasteiger partial charge on any atom is 0.270 e. The summed E-state index contributed by atoms with van der Waals surface area (Å²) in [5.41, 5.74) is 1.45. The molecular weight excluding hydrogens is 232 g/mol. The zero-order valence-corrected chi connectivity index (χ0v) is 9.66. The van der Waals surface area contributed by atoms with E-state index >= 15 is 0 Å². The van der Waals surface area contributed by atoms with Crippen LogP contribution in [0.25, 0.3) is 0 Å². The Morgan fingerprint density at radius 1 is 1.33 bits per heavy atom. The fourth-order valence-corrected chi connectivity index (χ4v) is 1.62. The lowest BCUT2D eigenvalue weighted by Gasteiger charge is -2.03. The number of hydrogen-bond donors (Lipinski definition) is 0. The largest absolute Gasteiger partial charge is 0.289 e. The number of carbonyl (C=O) groups is 1. The Kier molecular flexibility index (Phi) is 3.14. The van der Waals surface area contributed by atoms with Crippen LogP contribution in [-0.4, -0.2) is 15.7 Å². The fourth-order valence-electron chi connectivity index (χ4n) is 1.62. The Hall–Kier alpha value is -2.56. The van der Waals surface area contributed by atoms with Gasteiger partial charge in [-0.15, -0.1) is 0 Å². The molecule has 0 amide bonds. The zero-order valence-electron chi connectivity index (χ0n) is 9.66. The number of aromatic nitrogens is 1. The molecule has 1 aromatic carbocycles. The summed E-state index contributed by atoms with van der Waals surface area (Å²) in [6.45, 7) is 1.80. The van der Waals surface area contributed by atoms with Crippen LogP contribution in [0, 0.1) is 17.0 Å². The Bertz CT molecular complexity index is 623. The second-order valence-electron chi connectivity index (χ2n) is 3.83. The molecule has 0 atom stereocenters. The number of ketones is 1. The van der Waals surface area contributed by atoms with E-state index in [0.717, 1.165) is 5.56 Å². The third-order valence-electron chi connectivity index (χ3n) is 2.60. The summed E-state index contributed by atoms with van der Waals surface area (Å²) in [5, 5.41) is 10.7. The van der Waals surface area contributed by atoms with E-state index < -0.39 is 4.92 Å². The van der Waals surface area contributed by atoms with Crippen molar-refractivity contribution in [2.45, 2.75) is 6.92 Å². The van der Waals surface area contributed by atoms with Crippen molar-refractivity contribution < 1.29 is 9.72 Å². The number of nitro groups is 1. The molecule has 0 aliphatic carbocycles. The van der Waals surface area contributed by atoms with Gasteiger partial charge in [-0.05, 0) is 18.6 Å². The van der Waals surface area contributed by atoms with Gasteiger partial charge in [0.1, 0.15) is 0 Å². The quantitative estimate of drug-likeness (QED) is 0.471. The maximum atomic E-state index is 12.2. The van der Waals surface area contributed by atoms with E-state index in [1.54, 1.807) is 25.3 Å². The first-order valence-corrected chi connectivity index (χ1v) is 5.29. The average molecular weight is 242 g/mol. The first-order chi connectivity index (χ1) is 8.59. The van der Waals surface area contributed by atoms with Crippen LogP contribution >= 0.6 is 0 Å². The number of nitrogens with zero attached hydrogens (tertiary/aromatic N) is 2. The minimum absolute atomic E-state index is 0.0950. The summed E-state index contributed by atoms with van der Waals surface area (Å²) in [5.74, 6) is -0.260. The molecule has 1 heterocycles. The van der Waals surface area contributed by atoms with Gasteiger partial charge >= 0.3 is 0 Å². The molecule has 0 N–H and O–H groups in total. The number of pyridine rings is 1. The number of nitro benzene ring substituents is 1. The monoisotopic (exact) mass is 242 g/mol. The number of non-ortho nitro benzene ring substituents is 1. The maximum absolute atomic E-state index is 12.2. The van der Waals surface area contributed by atoms with Crippen molar-refractivity contribution in [3.05, 3.63) is 69.5 Å². The molecule has 0 saturated carbocycles. The summed E-state index contributed by atoms with van der Waals surface area (Å²) >= 11 is 0. The molecule has 0 unspecified atom stereocenters. The van der Waals surface area contributed by atoms with Crippen molar-refractivity contribution in [3.63, 3.8) is 0 Å². The smallest absolute Gasteiger partial charge is 0.270 e. The van der Waals surface area contributed by atoms with Crippen LogP contribution in [0.5, 0.6) is 0 Å². The van der Waals surface area contributed by atoms with Gasteiger partial charge in [-0.3, -0.25) is 19.9 Å². The molecule has 2 aromatic rings. The van der Waals surface area contributed by atoms with Gasteiger partial charge in [0.15, 0.2) is 5.78 Å². The number of rotatable bonds is 3. The van der Waals surface area contributed by atoms with E-state index in [2.05, 4.69) is 4.98 Å². The highest BCUT2D eigenvalue weighted by atomic mass is 16.6. The van der Waals surface area contributed by atoms with Crippen molar-refractivity contribution in [2.24, 2.45) is 0 Å². The van der Waals surface area contributed by atoms with Gasteiger partial charge in [0.25, 0.3) is 5.69 Å². The van der Waals surface area contributed by atoms with E-state index in [4.69, 9.17) is 0 Å². The minimum atomic E-state index is -0.521. The minimum Gasteiger partial charge on any atom is -0.289 e. The van der Waals surface area contributed by atoms with Crippen LogP contribution in [0.2, 0.25) is 0 Å². The Balaban J connectivity index is 2.44. The van der Waals surface area contributed by atoms with E-state index in [1.807, 2.05) is 0 Å². The third kappa shape index (κ3) is 2.24. The molecule has 2 rings (SSSR count). The molecule has 18 heavy (non-hydrogen) atoms. The van der Waals surface area contributed by atoms with Crippen LogP contribution in [0.15, 0.2) is 42.7 Å². The van der Waals surface area contributed by atoms with E-state index in [0.29, 0.717) is 11.1 Å². The normalized spacial score (nSPS) is 10.1. The topological polar surface area (TPSA) is 73.1 Å². The van der Waals surface area contributed by atoms with Gasteiger partial charge in [0, 0.05) is 35.7 Å². The lowest BCUT2D eigenvalue weighted by Crippen LogP contribution is -2.04. The highest BCUT2D eigenvalue weighted by Gasteiger charge is 2.14. The summed E-state index contributed by atoms with van der Waals surface area (Å²) in [6, 6.07) is 7.41. The van der Waals surface area contributed by atoms with Crippen LogP contribution in [0.3, 0.4) is 0 Å². The van der Waals surface area contributed by atoms with Crippen LogP contribution < -0.4 is 0 Å². The first-order valence-electron chi connectivity index (χ1n) is 5.29. The lowest BCUT2D eigenvalue weighted by atomic mass is 10.0. The SMILES string of the molecule is Cc1ccncc1C(=O)c1cccc([N+](=O)[O-])c1. The predicted molar refractivity (Wildman–Crippen MR) is 65.5 cm³/mol. The molecule has 1 aromatic heterocycles. The molecular formula is C13H10N2O3. The third-order valence-corrected chi connectivity index (χ3v) is 2.60. The molecule has 5 nitrogen and oxygen atoms in total. The predicted octanol–water partition coefficient (Wildman–Crippen LogP) is 2.53. The van der Waals surface area contributed by atoms with Crippen LogP contribution in [0.1, 0.15) is 21.5 Å². The summed E-state index contributed by atoms with van der Waals surface area (Å²) in [6.07, 6.45) is 3.07. The van der Waals surface area contributed by atoms with Crippen molar-refractivity contribution >= 4 is 11.5 Å². The zero-order chi connectivity index (χ0) is 13.1. The molecule has 0 radical (unpaired) electrons. The Morgan fingerprint density at radius 2 is 2.11 bits per heavy atom. The Morgan fingerprint density at radius 3 is 2.78 bits per heavy atom.